The first-order valence-electron chi connectivity index (χ1n) is 5.98. The average Bonchev–Trinajstić information content (AvgIpc) is 2.32. The number of hydrogen-bond donors (Lipinski definition) is 1. The fourth-order valence-corrected chi connectivity index (χ4v) is 1.35. The van der Waals surface area contributed by atoms with E-state index < -0.39 is 17.8 Å². The summed E-state index contributed by atoms with van der Waals surface area (Å²) in [6.07, 6.45) is -5.12. The van der Waals surface area contributed by atoms with Crippen LogP contribution in [0, 0.1) is 12.7 Å². The molecule has 21 heavy (non-hydrogen) atoms. The highest BCUT2D eigenvalue weighted by atomic mass is 19.4. The van der Waals surface area contributed by atoms with Crippen molar-refractivity contribution in [2.45, 2.75) is 33.1 Å². The molecule has 0 amide bonds. The monoisotopic (exact) mass is 306 g/mol. The van der Waals surface area contributed by atoms with Crippen molar-refractivity contribution < 1.29 is 27.1 Å². The summed E-state index contributed by atoms with van der Waals surface area (Å²) in [6, 6.07) is 2.42. The minimum atomic E-state index is -5.01. The van der Waals surface area contributed by atoms with Crippen LogP contribution in [0.5, 0.6) is 5.75 Å². The van der Waals surface area contributed by atoms with Gasteiger partial charge in [0.25, 0.3) is 5.78 Å². The third-order valence-corrected chi connectivity index (χ3v) is 2.27. The number of rotatable bonds is 5. The van der Waals surface area contributed by atoms with Crippen molar-refractivity contribution in [1.29, 1.82) is 0 Å². The Hall–Kier alpha value is -2.12. The minimum Gasteiger partial charge on any atom is -0.491 e. The zero-order valence-corrected chi connectivity index (χ0v) is 11.6. The van der Waals surface area contributed by atoms with Gasteiger partial charge in [-0.15, -0.1) is 0 Å². The van der Waals surface area contributed by atoms with E-state index in [1.165, 1.54) is 6.07 Å². The summed E-state index contributed by atoms with van der Waals surface area (Å²) < 4.78 is 54.9. The maximum absolute atomic E-state index is 13.6. The number of aryl methyl sites for hydroxylation is 1. The van der Waals surface area contributed by atoms with Gasteiger partial charge in [-0.25, -0.2) is 4.39 Å². The number of benzene rings is 1. The van der Waals surface area contributed by atoms with E-state index in [9.17, 15) is 22.4 Å². The molecule has 0 fully saturated rings. The van der Waals surface area contributed by atoms with Gasteiger partial charge in [-0.3, -0.25) is 10.2 Å². The molecule has 1 N–H and O–H groups in total. The van der Waals surface area contributed by atoms with Crippen LogP contribution in [0.1, 0.15) is 19.4 Å². The first-order chi connectivity index (χ1) is 9.61. The summed E-state index contributed by atoms with van der Waals surface area (Å²) in [5.74, 6) is -2.49. The molecule has 1 aromatic carbocycles. The lowest BCUT2D eigenvalue weighted by Gasteiger charge is -2.14. The Morgan fingerprint density at radius 1 is 1.38 bits per heavy atom. The number of carbonyl (C=O) groups is 1. The molecule has 4 nitrogen and oxygen atoms in total. The van der Waals surface area contributed by atoms with Gasteiger partial charge in [-0.2, -0.15) is 18.3 Å². The molecule has 0 radical (unpaired) electrons. The number of hydrogen-bond acceptors (Lipinski definition) is 4. The maximum atomic E-state index is 13.6. The van der Waals surface area contributed by atoms with Gasteiger partial charge in [0.2, 0.25) is 0 Å². The topological polar surface area (TPSA) is 50.7 Å². The number of Topliss-reactive ketones (excluding diaryl/α,β-unsaturated/α-hetero) is 1. The van der Waals surface area contributed by atoms with Crippen molar-refractivity contribution in [1.82, 2.24) is 0 Å². The molecule has 0 aliphatic rings. The lowest BCUT2D eigenvalue weighted by Crippen LogP contribution is -2.24. The van der Waals surface area contributed by atoms with E-state index >= 15 is 0 Å². The van der Waals surface area contributed by atoms with Crippen LogP contribution >= 0.6 is 0 Å². The number of ketones is 1. The van der Waals surface area contributed by atoms with E-state index in [2.05, 4.69) is 10.5 Å². The fourth-order valence-electron chi connectivity index (χ4n) is 1.35. The van der Waals surface area contributed by atoms with Crippen LogP contribution in [0.3, 0.4) is 0 Å². The Morgan fingerprint density at radius 3 is 2.52 bits per heavy atom. The van der Waals surface area contributed by atoms with Gasteiger partial charge in [0.15, 0.2) is 0 Å². The standard InChI is InChI=1S/C13H14F4N2O2/c1-7(2)21-11-5-10(9(14)4-8(11)3)19-18-6-12(20)13(15,16)17/h4-7,19H,1-3H3/b18-6+. The number of carbonyl (C=O) groups excluding carboxylic acids is 1. The lowest BCUT2D eigenvalue weighted by molar-refractivity contribution is -0.162. The number of halogens is 4. The molecule has 0 aliphatic heterocycles. The molecule has 0 spiro atoms. The normalized spacial score (nSPS) is 12.0. The zero-order chi connectivity index (χ0) is 16.2. The molecule has 1 aromatic rings. The summed E-state index contributed by atoms with van der Waals surface area (Å²) in [7, 11) is 0. The molecule has 0 saturated carbocycles. The molecule has 8 heteroatoms. The van der Waals surface area contributed by atoms with Crippen LogP contribution in [0.2, 0.25) is 0 Å². The second kappa shape index (κ2) is 6.55. The van der Waals surface area contributed by atoms with Crippen LogP contribution < -0.4 is 10.2 Å². The van der Waals surface area contributed by atoms with E-state index in [4.69, 9.17) is 4.74 Å². The molecule has 0 saturated heterocycles. The predicted molar refractivity (Wildman–Crippen MR) is 70.1 cm³/mol. The van der Waals surface area contributed by atoms with Gasteiger partial charge >= 0.3 is 6.18 Å². The van der Waals surface area contributed by atoms with Crippen LogP contribution in [0.15, 0.2) is 17.2 Å². The summed E-state index contributed by atoms with van der Waals surface area (Å²) in [5, 5.41) is 3.08. The molecular weight excluding hydrogens is 292 g/mol. The second-order valence-electron chi connectivity index (χ2n) is 4.50. The van der Waals surface area contributed by atoms with Crippen LogP contribution in [0.25, 0.3) is 0 Å². The number of nitrogens with zero attached hydrogens (tertiary/aromatic N) is 1. The number of hydrazone groups is 1. The van der Waals surface area contributed by atoms with E-state index in [1.807, 2.05) is 0 Å². The Kier molecular flexibility index (Phi) is 5.28. The number of ether oxygens (including phenoxy) is 1. The third-order valence-electron chi connectivity index (χ3n) is 2.27. The molecule has 1 rings (SSSR count). The molecule has 0 aromatic heterocycles. The summed E-state index contributed by atoms with van der Waals surface area (Å²) >= 11 is 0. The molecular formula is C13H14F4N2O2. The highest BCUT2D eigenvalue weighted by molar-refractivity contribution is 6.30. The van der Waals surface area contributed by atoms with E-state index in [0.29, 0.717) is 11.3 Å². The van der Waals surface area contributed by atoms with Gasteiger partial charge in [0, 0.05) is 6.07 Å². The van der Waals surface area contributed by atoms with Crippen LogP contribution in [-0.2, 0) is 4.79 Å². The van der Waals surface area contributed by atoms with Crippen molar-refractivity contribution in [3.8, 4) is 5.75 Å². The number of anilines is 1. The Balaban J connectivity index is 2.89. The van der Waals surface area contributed by atoms with Crippen LogP contribution in [-0.4, -0.2) is 24.3 Å². The lowest BCUT2D eigenvalue weighted by atomic mass is 10.2. The third kappa shape index (κ3) is 5.05. The quantitative estimate of drug-likeness (QED) is 0.515. The summed E-state index contributed by atoms with van der Waals surface area (Å²) in [6.45, 7) is 5.17. The van der Waals surface area contributed by atoms with E-state index in [0.717, 1.165) is 6.07 Å². The molecule has 0 bridgehead atoms. The molecule has 116 valence electrons. The minimum absolute atomic E-state index is 0.0439. The zero-order valence-electron chi connectivity index (χ0n) is 11.6. The Morgan fingerprint density at radius 2 is 2.00 bits per heavy atom. The first-order valence-corrected chi connectivity index (χ1v) is 5.98. The highest BCUT2D eigenvalue weighted by Gasteiger charge is 2.36. The number of alkyl halides is 3. The predicted octanol–water partition coefficient (Wildman–Crippen LogP) is 3.45. The number of nitrogens with one attached hydrogen (secondary N) is 1. The van der Waals surface area contributed by atoms with E-state index in [-0.39, 0.29) is 18.0 Å². The fraction of sp³-hybridized carbons (Fsp3) is 0.385. The molecule has 0 unspecified atom stereocenters. The summed E-state index contributed by atoms with van der Waals surface area (Å²) in [4.78, 5) is 10.6. The Labute approximate surface area is 118 Å². The average molecular weight is 306 g/mol. The van der Waals surface area contributed by atoms with Crippen LogP contribution in [0.4, 0.5) is 23.2 Å². The van der Waals surface area contributed by atoms with Crippen molar-refractivity contribution in [2.75, 3.05) is 5.43 Å². The van der Waals surface area contributed by atoms with Crippen molar-refractivity contribution in [2.24, 2.45) is 5.10 Å². The van der Waals surface area contributed by atoms with Crippen molar-refractivity contribution in [3.05, 3.63) is 23.5 Å². The van der Waals surface area contributed by atoms with Gasteiger partial charge in [0.1, 0.15) is 11.6 Å². The maximum Gasteiger partial charge on any atom is 0.455 e. The SMILES string of the molecule is Cc1cc(F)c(N/N=C/C(=O)C(F)(F)F)cc1OC(C)C. The molecule has 0 atom stereocenters. The molecule has 0 heterocycles. The summed E-state index contributed by atoms with van der Waals surface area (Å²) in [5.41, 5.74) is 2.39. The second-order valence-corrected chi connectivity index (χ2v) is 4.50. The first kappa shape index (κ1) is 16.9. The van der Waals surface area contributed by atoms with Crippen molar-refractivity contribution >= 4 is 17.7 Å². The highest BCUT2D eigenvalue weighted by Crippen LogP contribution is 2.26. The van der Waals surface area contributed by atoms with Crippen molar-refractivity contribution in [3.63, 3.8) is 0 Å². The van der Waals surface area contributed by atoms with Gasteiger partial charge < -0.3 is 4.74 Å². The van der Waals surface area contributed by atoms with Gasteiger partial charge in [0.05, 0.1) is 18.0 Å². The van der Waals surface area contributed by atoms with E-state index in [1.54, 1.807) is 20.8 Å². The Bertz CT molecular complexity index is 554. The largest absolute Gasteiger partial charge is 0.491 e. The smallest absolute Gasteiger partial charge is 0.455 e. The van der Waals surface area contributed by atoms with Gasteiger partial charge in [-0.1, -0.05) is 0 Å². The van der Waals surface area contributed by atoms with Gasteiger partial charge in [-0.05, 0) is 32.4 Å². The molecule has 0 aliphatic carbocycles.